The zero-order chi connectivity index (χ0) is 20.4. The summed E-state index contributed by atoms with van der Waals surface area (Å²) in [6.07, 6.45) is 2.07. The molecule has 1 aliphatic carbocycles. The number of amides is 1. The minimum Gasteiger partial charge on any atom is -0.491 e. The standard InChI is InChI=1S/C22H24N4O3/c1-14-3-8-18(9-4-14)26-21(16-5-6-16)20(24-25-26)22(28)23-17-7-10-19(15(2)13-17)29-12-11-27/h3-4,7-10,13,16,27H,5-6,11-12H2,1-2H3,(H,23,28). The second-order valence-electron chi connectivity index (χ2n) is 7.35. The normalized spacial score (nSPS) is 13.3. The van der Waals surface area contributed by atoms with Gasteiger partial charge in [-0.3, -0.25) is 4.79 Å². The first-order valence-corrected chi connectivity index (χ1v) is 9.75. The topological polar surface area (TPSA) is 89.3 Å². The molecule has 0 unspecified atom stereocenters. The maximum atomic E-state index is 12.9. The van der Waals surface area contributed by atoms with E-state index in [1.165, 1.54) is 5.56 Å². The van der Waals surface area contributed by atoms with E-state index >= 15 is 0 Å². The van der Waals surface area contributed by atoms with Gasteiger partial charge in [-0.25, -0.2) is 4.68 Å². The molecule has 150 valence electrons. The van der Waals surface area contributed by atoms with Gasteiger partial charge < -0.3 is 15.2 Å². The van der Waals surface area contributed by atoms with Crippen LogP contribution in [0.1, 0.15) is 46.1 Å². The van der Waals surface area contributed by atoms with Gasteiger partial charge in [0, 0.05) is 11.6 Å². The van der Waals surface area contributed by atoms with Crippen molar-refractivity contribution in [1.29, 1.82) is 0 Å². The van der Waals surface area contributed by atoms with Crippen LogP contribution in [0.15, 0.2) is 42.5 Å². The fourth-order valence-corrected chi connectivity index (χ4v) is 3.29. The van der Waals surface area contributed by atoms with Crippen molar-refractivity contribution in [2.75, 3.05) is 18.5 Å². The van der Waals surface area contributed by atoms with Gasteiger partial charge in [0.05, 0.1) is 18.0 Å². The van der Waals surface area contributed by atoms with Gasteiger partial charge in [-0.1, -0.05) is 22.9 Å². The summed E-state index contributed by atoms with van der Waals surface area (Å²) in [6, 6.07) is 13.4. The summed E-state index contributed by atoms with van der Waals surface area (Å²) in [6.45, 7) is 4.12. The molecule has 1 aliphatic rings. The zero-order valence-electron chi connectivity index (χ0n) is 16.6. The SMILES string of the molecule is Cc1ccc(-n2nnc(C(=O)Nc3ccc(OCCO)c(C)c3)c2C2CC2)cc1. The molecule has 2 N–H and O–H groups in total. The molecule has 0 bridgehead atoms. The number of hydrogen-bond donors (Lipinski definition) is 2. The summed E-state index contributed by atoms with van der Waals surface area (Å²) < 4.78 is 7.24. The van der Waals surface area contributed by atoms with E-state index in [-0.39, 0.29) is 19.1 Å². The fraction of sp³-hybridized carbons (Fsp3) is 0.318. The third-order valence-corrected chi connectivity index (χ3v) is 4.94. The van der Waals surface area contributed by atoms with Gasteiger partial charge in [0.15, 0.2) is 5.69 Å². The average molecular weight is 392 g/mol. The van der Waals surface area contributed by atoms with Gasteiger partial charge in [-0.05, 0) is 62.6 Å². The molecule has 1 aromatic heterocycles. The highest BCUT2D eigenvalue weighted by atomic mass is 16.5. The van der Waals surface area contributed by atoms with Crippen LogP contribution in [0.4, 0.5) is 5.69 Å². The summed E-state index contributed by atoms with van der Waals surface area (Å²) in [7, 11) is 0. The summed E-state index contributed by atoms with van der Waals surface area (Å²) in [5.41, 5.74) is 4.85. The number of nitrogens with zero attached hydrogens (tertiary/aromatic N) is 3. The Kier molecular flexibility index (Phi) is 5.31. The van der Waals surface area contributed by atoms with Gasteiger partial charge in [0.2, 0.25) is 0 Å². The predicted molar refractivity (Wildman–Crippen MR) is 110 cm³/mol. The minimum absolute atomic E-state index is 0.0431. The molecule has 1 fully saturated rings. The molecule has 0 atom stereocenters. The second-order valence-corrected chi connectivity index (χ2v) is 7.35. The van der Waals surface area contributed by atoms with E-state index in [1.54, 1.807) is 16.8 Å². The molecular formula is C22H24N4O3. The summed E-state index contributed by atoms with van der Waals surface area (Å²) in [5, 5.41) is 20.3. The van der Waals surface area contributed by atoms with E-state index in [2.05, 4.69) is 15.6 Å². The number of rotatable bonds is 7. The maximum Gasteiger partial charge on any atom is 0.278 e. The monoisotopic (exact) mass is 392 g/mol. The Morgan fingerprint density at radius 2 is 1.97 bits per heavy atom. The highest BCUT2D eigenvalue weighted by Gasteiger charge is 2.34. The lowest BCUT2D eigenvalue weighted by Gasteiger charge is -2.11. The lowest BCUT2D eigenvalue weighted by atomic mass is 10.1. The number of aliphatic hydroxyl groups is 1. The van der Waals surface area contributed by atoms with Crippen molar-refractivity contribution in [2.24, 2.45) is 0 Å². The summed E-state index contributed by atoms with van der Waals surface area (Å²) in [5.74, 6) is 0.720. The van der Waals surface area contributed by atoms with E-state index in [9.17, 15) is 4.79 Å². The van der Waals surface area contributed by atoms with Crippen LogP contribution in [-0.2, 0) is 0 Å². The van der Waals surface area contributed by atoms with Crippen molar-refractivity contribution in [1.82, 2.24) is 15.0 Å². The zero-order valence-corrected chi connectivity index (χ0v) is 16.6. The number of aliphatic hydroxyl groups excluding tert-OH is 1. The minimum atomic E-state index is -0.270. The van der Waals surface area contributed by atoms with Crippen LogP contribution in [-0.4, -0.2) is 39.2 Å². The summed E-state index contributed by atoms with van der Waals surface area (Å²) >= 11 is 0. The number of ether oxygens (including phenoxy) is 1. The van der Waals surface area contributed by atoms with Crippen molar-refractivity contribution in [3.63, 3.8) is 0 Å². The highest BCUT2D eigenvalue weighted by Crippen LogP contribution is 2.42. The molecule has 3 aromatic rings. The van der Waals surface area contributed by atoms with Crippen LogP contribution < -0.4 is 10.1 Å². The van der Waals surface area contributed by atoms with Crippen molar-refractivity contribution >= 4 is 11.6 Å². The molecule has 0 radical (unpaired) electrons. The quantitative estimate of drug-likeness (QED) is 0.643. The van der Waals surface area contributed by atoms with Crippen LogP contribution in [0.2, 0.25) is 0 Å². The molecule has 0 spiro atoms. The van der Waals surface area contributed by atoms with Crippen LogP contribution in [0.3, 0.4) is 0 Å². The van der Waals surface area contributed by atoms with E-state index in [0.717, 1.165) is 29.8 Å². The van der Waals surface area contributed by atoms with E-state index in [4.69, 9.17) is 9.84 Å². The van der Waals surface area contributed by atoms with Crippen LogP contribution in [0, 0.1) is 13.8 Å². The first-order chi connectivity index (χ1) is 14.1. The molecule has 1 amide bonds. The number of carbonyl (C=O) groups excluding carboxylic acids is 1. The van der Waals surface area contributed by atoms with Gasteiger partial charge in [0.1, 0.15) is 12.4 Å². The smallest absolute Gasteiger partial charge is 0.278 e. The highest BCUT2D eigenvalue weighted by molar-refractivity contribution is 6.04. The van der Waals surface area contributed by atoms with Crippen molar-refractivity contribution in [3.05, 3.63) is 65.0 Å². The number of carbonyl (C=O) groups is 1. The molecule has 1 heterocycles. The molecule has 7 heteroatoms. The number of aryl methyl sites for hydroxylation is 2. The molecule has 4 rings (SSSR count). The number of hydrogen-bond acceptors (Lipinski definition) is 5. The lowest BCUT2D eigenvalue weighted by Crippen LogP contribution is -2.15. The molecule has 7 nitrogen and oxygen atoms in total. The average Bonchev–Trinajstić information content (AvgIpc) is 3.46. The van der Waals surface area contributed by atoms with Crippen LogP contribution >= 0.6 is 0 Å². The number of aromatic nitrogens is 3. The Hall–Kier alpha value is -3.19. The van der Waals surface area contributed by atoms with Gasteiger partial charge in [-0.15, -0.1) is 5.10 Å². The third kappa shape index (κ3) is 4.14. The van der Waals surface area contributed by atoms with Gasteiger partial charge in [-0.2, -0.15) is 0 Å². The Bertz CT molecular complexity index is 1020. The van der Waals surface area contributed by atoms with Crippen molar-refractivity contribution in [2.45, 2.75) is 32.6 Å². The Labute approximate surface area is 169 Å². The van der Waals surface area contributed by atoms with E-state index in [0.29, 0.717) is 23.0 Å². The number of nitrogens with one attached hydrogen (secondary N) is 1. The fourth-order valence-electron chi connectivity index (χ4n) is 3.29. The second kappa shape index (κ2) is 8.05. The number of anilines is 1. The molecular weight excluding hydrogens is 368 g/mol. The molecule has 29 heavy (non-hydrogen) atoms. The van der Waals surface area contributed by atoms with Crippen molar-refractivity contribution in [3.8, 4) is 11.4 Å². The molecule has 2 aromatic carbocycles. The summed E-state index contributed by atoms with van der Waals surface area (Å²) in [4.78, 5) is 12.9. The lowest BCUT2D eigenvalue weighted by molar-refractivity contribution is 0.102. The Balaban J connectivity index is 1.58. The molecule has 1 saturated carbocycles. The van der Waals surface area contributed by atoms with Gasteiger partial charge >= 0.3 is 0 Å². The first kappa shape index (κ1) is 19.1. The Morgan fingerprint density at radius 1 is 1.21 bits per heavy atom. The van der Waals surface area contributed by atoms with Crippen LogP contribution in [0.25, 0.3) is 5.69 Å². The first-order valence-electron chi connectivity index (χ1n) is 9.75. The third-order valence-electron chi connectivity index (χ3n) is 4.94. The molecule has 0 aliphatic heterocycles. The molecule has 0 saturated heterocycles. The van der Waals surface area contributed by atoms with E-state index in [1.807, 2.05) is 44.2 Å². The predicted octanol–water partition coefficient (Wildman–Crippen LogP) is 3.38. The van der Waals surface area contributed by atoms with Gasteiger partial charge in [0.25, 0.3) is 5.91 Å². The maximum absolute atomic E-state index is 12.9. The van der Waals surface area contributed by atoms with Crippen molar-refractivity contribution < 1.29 is 14.6 Å². The largest absolute Gasteiger partial charge is 0.491 e. The van der Waals surface area contributed by atoms with E-state index < -0.39 is 0 Å². The van der Waals surface area contributed by atoms with Crippen LogP contribution in [0.5, 0.6) is 5.75 Å². The number of benzene rings is 2. The Morgan fingerprint density at radius 3 is 2.62 bits per heavy atom.